The van der Waals surface area contributed by atoms with E-state index in [-0.39, 0.29) is 5.91 Å². The standard InChI is InChI=1S/C20H24N2O3/c23-20(22-12-11-21-10-5-4-6-17(21)14-22)19-16(9-13-24-19)15-25-18-7-2-1-3-8-18/h1-3,7-9,13,17H,4-6,10-12,14-15H2/t17-/m1/s1. The van der Waals surface area contributed by atoms with Crippen LogP contribution in [0.1, 0.15) is 35.4 Å². The molecular formula is C20H24N2O3. The number of nitrogens with zero attached hydrogens (tertiary/aromatic N) is 2. The number of piperazine rings is 1. The first-order valence-electron chi connectivity index (χ1n) is 9.09. The lowest BCUT2D eigenvalue weighted by Gasteiger charge is -2.43. The van der Waals surface area contributed by atoms with Crippen LogP contribution in [-0.4, -0.2) is 47.9 Å². The molecule has 4 rings (SSSR count). The minimum absolute atomic E-state index is 0.0121. The minimum atomic E-state index is -0.0121. The minimum Gasteiger partial charge on any atom is -0.489 e. The van der Waals surface area contributed by atoms with Crippen LogP contribution in [0.5, 0.6) is 5.75 Å². The number of hydrogen-bond acceptors (Lipinski definition) is 4. The molecule has 1 atom stereocenters. The van der Waals surface area contributed by atoms with Crippen molar-refractivity contribution in [2.24, 2.45) is 0 Å². The van der Waals surface area contributed by atoms with Crippen LogP contribution in [0.25, 0.3) is 0 Å². The number of fused-ring (bicyclic) bond motifs is 1. The first-order chi connectivity index (χ1) is 12.3. The summed E-state index contributed by atoms with van der Waals surface area (Å²) in [6.07, 6.45) is 5.31. The fourth-order valence-corrected chi connectivity index (χ4v) is 3.80. The summed E-state index contributed by atoms with van der Waals surface area (Å²) in [4.78, 5) is 17.4. The Balaban J connectivity index is 1.41. The number of carbonyl (C=O) groups excluding carboxylic acids is 1. The Kier molecular flexibility index (Phi) is 4.74. The number of ether oxygens (including phenoxy) is 1. The molecule has 5 nitrogen and oxygen atoms in total. The predicted molar refractivity (Wildman–Crippen MR) is 94.6 cm³/mol. The molecule has 0 bridgehead atoms. The third kappa shape index (κ3) is 3.56. The molecule has 2 aromatic rings. The Morgan fingerprint density at radius 1 is 1.12 bits per heavy atom. The van der Waals surface area contributed by atoms with Crippen molar-refractivity contribution in [2.75, 3.05) is 26.2 Å². The van der Waals surface area contributed by atoms with Gasteiger partial charge < -0.3 is 14.1 Å². The molecule has 3 heterocycles. The van der Waals surface area contributed by atoms with Crippen molar-refractivity contribution in [1.29, 1.82) is 0 Å². The van der Waals surface area contributed by atoms with Crippen LogP contribution < -0.4 is 4.74 Å². The normalized spacial score (nSPS) is 21.0. The second-order valence-electron chi connectivity index (χ2n) is 6.81. The van der Waals surface area contributed by atoms with Gasteiger partial charge in [0.2, 0.25) is 0 Å². The van der Waals surface area contributed by atoms with E-state index in [0.29, 0.717) is 18.4 Å². The fourth-order valence-electron chi connectivity index (χ4n) is 3.80. The van der Waals surface area contributed by atoms with E-state index in [9.17, 15) is 4.79 Å². The maximum atomic E-state index is 12.9. The summed E-state index contributed by atoms with van der Waals surface area (Å²) in [6, 6.07) is 12.0. The zero-order valence-electron chi connectivity index (χ0n) is 14.4. The first-order valence-corrected chi connectivity index (χ1v) is 9.09. The van der Waals surface area contributed by atoms with Crippen LogP contribution in [-0.2, 0) is 6.61 Å². The Hall–Kier alpha value is -2.27. The second-order valence-corrected chi connectivity index (χ2v) is 6.81. The largest absolute Gasteiger partial charge is 0.489 e. The smallest absolute Gasteiger partial charge is 0.290 e. The molecule has 0 radical (unpaired) electrons. The topological polar surface area (TPSA) is 45.9 Å². The van der Waals surface area contributed by atoms with Gasteiger partial charge in [-0.1, -0.05) is 24.6 Å². The maximum Gasteiger partial charge on any atom is 0.290 e. The predicted octanol–water partition coefficient (Wildman–Crippen LogP) is 3.17. The van der Waals surface area contributed by atoms with E-state index in [2.05, 4.69) is 4.90 Å². The van der Waals surface area contributed by atoms with Gasteiger partial charge in [0.15, 0.2) is 5.76 Å². The monoisotopic (exact) mass is 340 g/mol. The SMILES string of the molecule is O=C(c1occc1COc1ccccc1)N1CCN2CCCC[C@@H]2C1. The summed E-state index contributed by atoms with van der Waals surface area (Å²) < 4.78 is 11.3. The molecule has 2 saturated heterocycles. The number of hydrogen-bond donors (Lipinski definition) is 0. The lowest BCUT2D eigenvalue weighted by Crippen LogP contribution is -2.56. The van der Waals surface area contributed by atoms with Crippen molar-refractivity contribution in [3.8, 4) is 5.75 Å². The van der Waals surface area contributed by atoms with E-state index >= 15 is 0 Å². The van der Waals surface area contributed by atoms with E-state index < -0.39 is 0 Å². The highest BCUT2D eigenvalue weighted by Gasteiger charge is 2.33. The Morgan fingerprint density at radius 3 is 2.88 bits per heavy atom. The summed E-state index contributed by atoms with van der Waals surface area (Å²) >= 11 is 0. The van der Waals surface area contributed by atoms with Gasteiger partial charge >= 0.3 is 0 Å². The van der Waals surface area contributed by atoms with E-state index in [1.54, 1.807) is 6.26 Å². The highest BCUT2D eigenvalue weighted by molar-refractivity contribution is 5.93. The van der Waals surface area contributed by atoms with Crippen LogP contribution in [0.4, 0.5) is 0 Å². The van der Waals surface area contributed by atoms with Crippen molar-refractivity contribution >= 4 is 5.91 Å². The van der Waals surface area contributed by atoms with Crippen molar-refractivity contribution in [3.63, 3.8) is 0 Å². The van der Waals surface area contributed by atoms with E-state index in [1.165, 1.54) is 25.8 Å². The van der Waals surface area contributed by atoms with Gasteiger partial charge in [0.25, 0.3) is 5.91 Å². The summed E-state index contributed by atoms with van der Waals surface area (Å²) in [6.45, 7) is 4.05. The molecular weight excluding hydrogens is 316 g/mol. The van der Waals surface area contributed by atoms with Crippen LogP contribution in [0.3, 0.4) is 0 Å². The maximum absolute atomic E-state index is 12.9. The van der Waals surface area contributed by atoms with Crippen LogP contribution >= 0.6 is 0 Å². The Labute approximate surface area is 148 Å². The number of carbonyl (C=O) groups is 1. The fraction of sp³-hybridized carbons (Fsp3) is 0.450. The summed E-state index contributed by atoms with van der Waals surface area (Å²) in [5.41, 5.74) is 0.805. The number of rotatable bonds is 4. The highest BCUT2D eigenvalue weighted by Crippen LogP contribution is 2.23. The van der Waals surface area contributed by atoms with Gasteiger partial charge in [0.05, 0.1) is 6.26 Å². The van der Waals surface area contributed by atoms with Crippen LogP contribution in [0.15, 0.2) is 47.1 Å². The van der Waals surface area contributed by atoms with Crippen molar-refractivity contribution < 1.29 is 13.9 Å². The average Bonchev–Trinajstić information content (AvgIpc) is 3.15. The van der Waals surface area contributed by atoms with Crippen LogP contribution in [0.2, 0.25) is 0 Å². The van der Waals surface area contributed by atoms with Gasteiger partial charge in [0.1, 0.15) is 12.4 Å². The second kappa shape index (κ2) is 7.31. The molecule has 2 aliphatic rings. The van der Waals surface area contributed by atoms with Gasteiger partial charge in [-0.2, -0.15) is 0 Å². The van der Waals surface area contributed by atoms with E-state index in [4.69, 9.17) is 9.15 Å². The molecule has 0 unspecified atom stereocenters. The molecule has 2 aliphatic heterocycles. The van der Waals surface area contributed by atoms with E-state index in [1.807, 2.05) is 41.3 Å². The quantitative estimate of drug-likeness (QED) is 0.858. The molecule has 0 spiro atoms. The van der Waals surface area contributed by atoms with Crippen molar-refractivity contribution in [2.45, 2.75) is 31.9 Å². The lowest BCUT2D eigenvalue weighted by atomic mass is 9.99. The molecule has 0 N–H and O–H groups in total. The molecule has 25 heavy (non-hydrogen) atoms. The van der Waals surface area contributed by atoms with Gasteiger partial charge in [-0.15, -0.1) is 0 Å². The summed E-state index contributed by atoms with van der Waals surface area (Å²) in [7, 11) is 0. The molecule has 1 amide bonds. The van der Waals surface area contributed by atoms with Gasteiger partial charge in [-0.05, 0) is 37.6 Å². The highest BCUT2D eigenvalue weighted by atomic mass is 16.5. The summed E-state index contributed by atoms with van der Waals surface area (Å²) in [5, 5.41) is 0. The average molecular weight is 340 g/mol. The molecule has 0 saturated carbocycles. The number of amides is 1. The zero-order valence-corrected chi connectivity index (χ0v) is 14.4. The third-order valence-corrected chi connectivity index (χ3v) is 5.20. The Bertz CT molecular complexity index is 713. The first kappa shape index (κ1) is 16.2. The third-order valence-electron chi connectivity index (χ3n) is 5.20. The van der Waals surface area contributed by atoms with Gasteiger partial charge in [0, 0.05) is 31.2 Å². The summed E-state index contributed by atoms with van der Waals surface area (Å²) in [5.74, 6) is 1.19. The van der Waals surface area contributed by atoms with E-state index in [0.717, 1.165) is 30.9 Å². The molecule has 2 fully saturated rings. The Morgan fingerprint density at radius 2 is 2.00 bits per heavy atom. The number of furan rings is 1. The van der Waals surface area contributed by atoms with Gasteiger partial charge in [-0.25, -0.2) is 0 Å². The molecule has 132 valence electrons. The zero-order chi connectivity index (χ0) is 17.1. The van der Waals surface area contributed by atoms with Crippen molar-refractivity contribution in [1.82, 2.24) is 9.80 Å². The lowest BCUT2D eigenvalue weighted by molar-refractivity contribution is 0.0348. The van der Waals surface area contributed by atoms with Gasteiger partial charge in [-0.3, -0.25) is 9.69 Å². The number of piperidine rings is 1. The molecule has 5 heteroatoms. The molecule has 1 aromatic heterocycles. The van der Waals surface area contributed by atoms with Crippen LogP contribution in [0, 0.1) is 0 Å². The number of benzene rings is 1. The van der Waals surface area contributed by atoms with Crippen molar-refractivity contribution in [3.05, 3.63) is 54.0 Å². The number of para-hydroxylation sites is 1. The molecule has 1 aromatic carbocycles. The molecule has 0 aliphatic carbocycles.